The number of hydrogen-bond donors (Lipinski definition) is 1. The summed E-state index contributed by atoms with van der Waals surface area (Å²) in [5, 5.41) is 2.98. The van der Waals surface area contributed by atoms with Crippen LogP contribution < -0.4 is 5.32 Å². The Morgan fingerprint density at radius 3 is 2.62 bits per heavy atom. The standard InChI is InChI=1S/C17H25FN2O/c1-3-19-16-14(11-8-12-15(16)18)17(21)20(4-2)13-9-6-5-7-10-13/h8,11-13,19H,3-7,9-10H2,1-2H3. The van der Waals surface area contributed by atoms with Gasteiger partial charge >= 0.3 is 0 Å². The maximum atomic E-state index is 14.0. The van der Waals surface area contributed by atoms with E-state index in [4.69, 9.17) is 0 Å². The Morgan fingerprint density at radius 2 is 2.00 bits per heavy atom. The highest BCUT2D eigenvalue weighted by atomic mass is 19.1. The van der Waals surface area contributed by atoms with Crippen LogP contribution in [0.3, 0.4) is 0 Å². The number of rotatable bonds is 5. The van der Waals surface area contributed by atoms with Crippen LogP contribution in [-0.2, 0) is 0 Å². The van der Waals surface area contributed by atoms with Gasteiger partial charge in [0.2, 0.25) is 0 Å². The Bertz CT molecular complexity index is 484. The summed E-state index contributed by atoms with van der Waals surface area (Å²) in [4.78, 5) is 14.8. The molecule has 1 aromatic rings. The van der Waals surface area contributed by atoms with Crippen LogP contribution >= 0.6 is 0 Å². The van der Waals surface area contributed by atoms with Crippen molar-refractivity contribution in [3.05, 3.63) is 29.6 Å². The van der Waals surface area contributed by atoms with Crippen molar-refractivity contribution in [1.82, 2.24) is 4.90 Å². The number of para-hydroxylation sites is 1. The van der Waals surface area contributed by atoms with E-state index in [-0.39, 0.29) is 11.7 Å². The summed E-state index contributed by atoms with van der Waals surface area (Å²) in [6.45, 7) is 5.17. The predicted octanol–water partition coefficient (Wildman–Crippen LogP) is 4.05. The SMILES string of the molecule is CCNc1c(F)cccc1C(=O)N(CC)C1CCCCC1. The zero-order valence-corrected chi connectivity index (χ0v) is 13.0. The number of hydrogen-bond acceptors (Lipinski definition) is 2. The number of nitrogens with zero attached hydrogens (tertiary/aromatic N) is 1. The van der Waals surface area contributed by atoms with Crippen LogP contribution in [0.1, 0.15) is 56.3 Å². The molecule has 0 spiro atoms. The Balaban J connectivity index is 2.26. The molecule has 0 unspecified atom stereocenters. The minimum Gasteiger partial charge on any atom is -0.382 e. The molecule has 0 radical (unpaired) electrons. The molecule has 1 N–H and O–H groups in total. The zero-order chi connectivity index (χ0) is 15.2. The molecule has 2 rings (SSSR count). The highest BCUT2D eigenvalue weighted by Crippen LogP contribution is 2.27. The second-order valence-corrected chi connectivity index (χ2v) is 5.58. The zero-order valence-electron chi connectivity index (χ0n) is 13.0. The molecule has 1 aliphatic rings. The molecule has 1 fully saturated rings. The van der Waals surface area contributed by atoms with E-state index in [9.17, 15) is 9.18 Å². The molecule has 4 heteroatoms. The molecule has 1 amide bonds. The minimum atomic E-state index is -0.359. The van der Waals surface area contributed by atoms with Gasteiger partial charge in [-0.2, -0.15) is 0 Å². The van der Waals surface area contributed by atoms with E-state index in [0.29, 0.717) is 30.4 Å². The molecule has 3 nitrogen and oxygen atoms in total. The van der Waals surface area contributed by atoms with Gasteiger partial charge < -0.3 is 10.2 Å². The van der Waals surface area contributed by atoms with Crippen molar-refractivity contribution in [2.45, 2.75) is 52.0 Å². The van der Waals surface area contributed by atoms with Crippen LogP contribution in [-0.4, -0.2) is 29.9 Å². The average Bonchev–Trinajstić information content (AvgIpc) is 2.51. The van der Waals surface area contributed by atoms with Crippen molar-refractivity contribution in [3.63, 3.8) is 0 Å². The van der Waals surface area contributed by atoms with Crippen molar-refractivity contribution in [1.29, 1.82) is 0 Å². The summed E-state index contributed by atoms with van der Waals surface area (Å²) in [5.74, 6) is -0.415. The molecule has 0 saturated heterocycles. The first-order valence-electron chi connectivity index (χ1n) is 8.02. The highest BCUT2D eigenvalue weighted by Gasteiger charge is 2.27. The fraction of sp³-hybridized carbons (Fsp3) is 0.588. The summed E-state index contributed by atoms with van der Waals surface area (Å²) < 4.78 is 14.0. The van der Waals surface area contributed by atoms with Gasteiger partial charge in [-0.3, -0.25) is 4.79 Å². The number of amides is 1. The fourth-order valence-electron chi connectivity index (χ4n) is 3.17. The largest absolute Gasteiger partial charge is 0.382 e. The molecule has 0 aromatic heterocycles. The van der Waals surface area contributed by atoms with E-state index in [1.807, 2.05) is 18.7 Å². The van der Waals surface area contributed by atoms with E-state index in [1.165, 1.54) is 25.3 Å². The molecule has 0 heterocycles. The summed E-state index contributed by atoms with van der Waals surface area (Å²) in [6.07, 6.45) is 5.73. The van der Waals surface area contributed by atoms with Crippen molar-refractivity contribution in [3.8, 4) is 0 Å². The van der Waals surface area contributed by atoms with E-state index in [1.54, 1.807) is 12.1 Å². The van der Waals surface area contributed by atoms with Gasteiger partial charge in [0.15, 0.2) is 0 Å². The van der Waals surface area contributed by atoms with Gasteiger partial charge in [-0.15, -0.1) is 0 Å². The topological polar surface area (TPSA) is 32.3 Å². The number of halogens is 1. The van der Waals surface area contributed by atoms with Crippen LogP contribution in [0.4, 0.5) is 10.1 Å². The summed E-state index contributed by atoms with van der Waals surface area (Å²) in [7, 11) is 0. The van der Waals surface area contributed by atoms with Crippen molar-refractivity contribution >= 4 is 11.6 Å². The highest BCUT2D eigenvalue weighted by molar-refractivity contribution is 5.99. The third-order valence-corrected chi connectivity index (χ3v) is 4.21. The predicted molar refractivity (Wildman–Crippen MR) is 84.1 cm³/mol. The van der Waals surface area contributed by atoms with E-state index in [2.05, 4.69) is 5.32 Å². The normalized spacial score (nSPS) is 15.8. The molecule has 0 bridgehead atoms. The van der Waals surface area contributed by atoms with Gasteiger partial charge in [-0.05, 0) is 38.8 Å². The summed E-state index contributed by atoms with van der Waals surface area (Å²) >= 11 is 0. The maximum Gasteiger partial charge on any atom is 0.256 e. The van der Waals surface area contributed by atoms with Gasteiger partial charge in [-0.25, -0.2) is 4.39 Å². The lowest BCUT2D eigenvalue weighted by Gasteiger charge is -2.34. The molecular weight excluding hydrogens is 267 g/mol. The van der Waals surface area contributed by atoms with Crippen LogP contribution in [0.5, 0.6) is 0 Å². The van der Waals surface area contributed by atoms with Gasteiger partial charge in [-0.1, -0.05) is 25.3 Å². The quantitative estimate of drug-likeness (QED) is 0.888. The fourth-order valence-corrected chi connectivity index (χ4v) is 3.17. The first kappa shape index (κ1) is 15.8. The first-order chi connectivity index (χ1) is 10.2. The number of nitrogens with one attached hydrogen (secondary N) is 1. The lowest BCUT2D eigenvalue weighted by atomic mass is 9.93. The number of anilines is 1. The van der Waals surface area contributed by atoms with E-state index < -0.39 is 0 Å². The monoisotopic (exact) mass is 292 g/mol. The first-order valence-corrected chi connectivity index (χ1v) is 8.02. The second-order valence-electron chi connectivity index (χ2n) is 5.58. The summed E-state index contributed by atoms with van der Waals surface area (Å²) in [6, 6.07) is 5.02. The van der Waals surface area contributed by atoms with Gasteiger partial charge in [0.1, 0.15) is 5.82 Å². The molecule has 0 aliphatic heterocycles. The lowest BCUT2D eigenvalue weighted by Crippen LogP contribution is -2.41. The van der Waals surface area contributed by atoms with Crippen molar-refractivity contribution in [2.75, 3.05) is 18.4 Å². The minimum absolute atomic E-state index is 0.0557. The van der Waals surface area contributed by atoms with Crippen LogP contribution in [0.25, 0.3) is 0 Å². The maximum absolute atomic E-state index is 14.0. The number of carbonyl (C=O) groups is 1. The molecule has 116 valence electrons. The lowest BCUT2D eigenvalue weighted by molar-refractivity contribution is 0.0648. The van der Waals surface area contributed by atoms with Crippen molar-refractivity contribution < 1.29 is 9.18 Å². The Morgan fingerprint density at radius 1 is 1.29 bits per heavy atom. The van der Waals surface area contributed by atoms with E-state index in [0.717, 1.165) is 12.8 Å². The molecule has 1 saturated carbocycles. The second kappa shape index (κ2) is 7.43. The summed E-state index contributed by atoms with van der Waals surface area (Å²) in [5.41, 5.74) is 0.781. The average molecular weight is 292 g/mol. The molecule has 1 aromatic carbocycles. The molecule has 1 aliphatic carbocycles. The van der Waals surface area contributed by atoms with Gasteiger partial charge in [0.05, 0.1) is 11.3 Å². The Hall–Kier alpha value is -1.58. The Labute approximate surface area is 126 Å². The van der Waals surface area contributed by atoms with Gasteiger partial charge in [0, 0.05) is 19.1 Å². The molecular formula is C17H25FN2O. The third-order valence-electron chi connectivity index (χ3n) is 4.21. The van der Waals surface area contributed by atoms with Crippen LogP contribution in [0, 0.1) is 5.82 Å². The molecule has 21 heavy (non-hydrogen) atoms. The van der Waals surface area contributed by atoms with Crippen LogP contribution in [0.2, 0.25) is 0 Å². The van der Waals surface area contributed by atoms with Gasteiger partial charge in [0.25, 0.3) is 5.91 Å². The smallest absolute Gasteiger partial charge is 0.256 e. The Kier molecular flexibility index (Phi) is 5.59. The van der Waals surface area contributed by atoms with Crippen molar-refractivity contribution in [2.24, 2.45) is 0 Å². The number of benzene rings is 1. The van der Waals surface area contributed by atoms with Crippen LogP contribution in [0.15, 0.2) is 18.2 Å². The van der Waals surface area contributed by atoms with E-state index >= 15 is 0 Å². The number of carbonyl (C=O) groups excluding carboxylic acids is 1. The third kappa shape index (κ3) is 3.55. The molecule has 0 atom stereocenters.